The van der Waals surface area contributed by atoms with Crippen LogP contribution in [0.4, 0.5) is 13.2 Å². The zero-order chi connectivity index (χ0) is 11.3. The molecule has 1 aromatic carbocycles. The Labute approximate surface area is 86.3 Å². The topological polar surface area (TPSA) is 38.0 Å². The quantitative estimate of drug-likeness (QED) is 0.789. The van der Waals surface area contributed by atoms with Gasteiger partial charge in [0, 0.05) is 12.6 Å². The Balaban J connectivity index is 2.61. The van der Waals surface area contributed by atoms with Crippen molar-refractivity contribution in [3.63, 3.8) is 0 Å². The molecule has 0 amide bonds. The second-order valence-electron chi connectivity index (χ2n) is 3.14. The van der Waals surface area contributed by atoms with Gasteiger partial charge >= 0.3 is 0 Å². The van der Waals surface area contributed by atoms with Crippen LogP contribution in [-0.2, 0) is 0 Å². The van der Waals surface area contributed by atoms with Gasteiger partial charge in [-0.25, -0.2) is 13.2 Å². The molecule has 0 aromatic heterocycles. The van der Waals surface area contributed by atoms with Crippen LogP contribution in [0, 0.1) is 5.82 Å². The molecule has 0 aliphatic heterocycles. The Hall–Kier alpha value is -1.07. The molecule has 0 saturated carbocycles. The summed E-state index contributed by atoms with van der Waals surface area (Å²) in [7, 11) is 0. The van der Waals surface area contributed by atoms with E-state index in [1.165, 1.54) is 24.3 Å². The van der Waals surface area contributed by atoms with Gasteiger partial charge in [0.05, 0.1) is 6.54 Å². The number of halogens is 3. The standard InChI is InChI=1S/C10H13F3N2/c11-8-3-1-7(2-4-8)9(5-14)15-6-10(12)13/h1-4,9-10,15H,5-6,14H2. The molecule has 0 radical (unpaired) electrons. The second-order valence-corrected chi connectivity index (χ2v) is 3.14. The molecule has 2 nitrogen and oxygen atoms in total. The zero-order valence-electron chi connectivity index (χ0n) is 8.09. The highest BCUT2D eigenvalue weighted by Gasteiger charge is 2.11. The summed E-state index contributed by atoms with van der Waals surface area (Å²) < 4.78 is 36.5. The van der Waals surface area contributed by atoms with Crippen molar-refractivity contribution in [1.82, 2.24) is 5.32 Å². The van der Waals surface area contributed by atoms with Gasteiger partial charge in [0.1, 0.15) is 5.82 Å². The Morgan fingerprint density at radius 2 is 1.80 bits per heavy atom. The lowest BCUT2D eigenvalue weighted by atomic mass is 10.1. The molecule has 1 unspecified atom stereocenters. The molecule has 0 spiro atoms. The molecule has 0 saturated heterocycles. The number of rotatable bonds is 5. The first-order valence-corrected chi connectivity index (χ1v) is 4.60. The maximum atomic E-state index is 12.6. The van der Waals surface area contributed by atoms with Crippen LogP contribution in [0.15, 0.2) is 24.3 Å². The Kier molecular flexibility index (Phi) is 4.58. The van der Waals surface area contributed by atoms with Crippen molar-refractivity contribution < 1.29 is 13.2 Å². The molecule has 0 heterocycles. The van der Waals surface area contributed by atoms with Gasteiger partial charge < -0.3 is 11.1 Å². The number of nitrogens with two attached hydrogens (primary N) is 1. The summed E-state index contributed by atoms with van der Waals surface area (Å²) in [6.45, 7) is -0.225. The summed E-state index contributed by atoms with van der Waals surface area (Å²) in [5, 5.41) is 2.61. The van der Waals surface area contributed by atoms with E-state index in [0.717, 1.165) is 0 Å². The number of hydrogen-bond acceptors (Lipinski definition) is 2. The molecule has 15 heavy (non-hydrogen) atoms. The summed E-state index contributed by atoms with van der Waals surface area (Å²) >= 11 is 0. The van der Waals surface area contributed by atoms with Crippen LogP contribution in [0.2, 0.25) is 0 Å². The molecule has 0 aliphatic carbocycles. The van der Waals surface area contributed by atoms with Gasteiger partial charge in [-0.2, -0.15) is 0 Å². The fourth-order valence-corrected chi connectivity index (χ4v) is 1.26. The molecule has 1 atom stereocenters. The third kappa shape index (κ3) is 3.89. The van der Waals surface area contributed by atoms with E-state index in [4.69, 9.17) is 5.73 Å². The summed E-state index contributed by atoms with van der Waals surface area (Å²) in [6, 6.07) is 5.26. The smallest absolute Gasteiger partial charge is 0.250 e. The van der Waals surface area contributed by atoms with E-state index in [0.29, 0.717) is 5.56 Å². The Bertz CT molecular complexity index is 287. The lowest BCUT2D eigenvalue weighted by Gasteiger charge is -2.16. The number of nitrogens with one attached hydrogen (secondary N) is 1. The Morgan fingerprint density at radius 1 is 1.20 bits per heavy atom. The van der Waals surface area contributed by atoms with E-state index in [1.807, 2.05) is 0 Å². The number of benzene rings is 1. The van der Waals surface area contributed by atoms with Crippen molar-refractivity contribution in [1.29, 1.82) is 0 Å². The van der Waals surface area contributed by atoms with E-state index in [9.17, 15) is 13.2 Å². The average molecular weight is 218 g/mol. The number of alkyl halides is 2. The molecule has 84 valence electrons. The highest BCUT2D eigenvalue weighted by atomic mass is 19.3. The van der Waals surface area contributed by atoms with Crippen molar-refractivity contribution in [3.8, 4) is 0 Å². The first kappa shape index (κ1) is 12.0. The molecule has 1 aromatic rings. The van der Waals surface area contributed by atoms with Gasteiger partial charge in [-0.05, 0) is 17.7 Å². The van der Waals surface area contributed by atoms with Crippen LogP contribution in [0.5, 0.6) is 0 Å². The summed E-state index contributed by atoms with van der Waals surface area (Å²) in [4.78, 5) is 0. The lowest BCUT2D eigenvalue weighted by Crippen LogP contribution is -2.31. The van der Waals surface area contributed by atoms with Crippen molar-refractivity contribution in [3.05, 3.63) is 35.6 Å². The normalized spacial score (nSPS) is 13.1. The Morgan fingerprint density at radius 3 is 2.27 bits per heavy atom. The van der Waals surface area contributed by atoms with Crippen LogP contribution < -0.4 is 11.1 Å². The van der Waals surface area contributed by atoms with Gasteiger partial charge in [0.15, 0.2) is 0 Å². The fourth-order valence-electron chi connectivity index (χ4n) is 1.26. The minimum absolute atomic E-state index is 0.193. The first-order chi connectivity index (χ1) is 7.13. The van der Waals surface area contributed by atoms with Crippen molar-refractivity contribution in [2.75, 3.05) is 13.1 Å². The van der Waals surface area contributed by atoms with Crippen LogP contribution in [-0.4, -0.2) is 19.5 Å². The van der Waals surface area contributed by atoms with Gasteiger partial charge in [-0.15, -0.1) is 0 Å². The second kappa shape index (κ2) is 5.72. The molecule has 3 N–H and O–H groups in total. The minimum atomic E-state index is -2.42. The summed E-state index contributed by atoms with van der Waals surface area (Å²) in [5.41, 5.74) is 6.14. The minimum Gasteiger partial charge on any atom is -0.329 e. The maximum absolute atomic E-state index is 12.6. The highest BCUT2D eigenvalue weighted by Crippen LogP contribution is 2.12. The van der Waals surface area contributed by atoms with Crippen LogP contribution >= 0.6 is 0 Å². The van der Waals surface area contributed by atoms with Gasteiger partial charge in [-0.1, -0.05) is 12.1 Å². The van der Waals surface area contributed by atoms with Crippen LogP contribution in [0.1, 0.15) is 11.6 Å². The molecule has 0 aliphatic rings. The predicted molar refractivity (Wildman–Crippen MR) is 52.2 cm³/mol. The SMILES string of the molecule is NCC(NCC(F)F)c1ccc(F)cc1. The van der Waals surface area contributed by atoms with E-state index in [2.05, 4.69) is 5.32 Å². The van der Waals surface area contributed by atoms with Crippen molar-refractivity contribution >= 4 is 0 Å². The van der Waals surface area contributed by atoms with Crippen LogP contribution in [0.3, 0.4) is 0 Å². The molecule has 5 heteroatoms. The molecular weight excluding hydrogens is 205 g/mol. The monoisotopic (exact) mass is 218 g/mol. The van der Waals surface area contributed by atoms with Crippen molar-refractivity contribution in [2.45, 2.75) is 12.5 Å². The largest absolute Gasteiger partial charge is 0.329 e. The molecular formula is C10H13F3N2. The van der Waals surface area contributed by atoms with Gasteiger partial charge in [-0.3, -0.25) is 0 Å². The fraction of sp³-hybridized carbons (Fsp3) is 0.400. The average Bonchev–Trinajstić information content (AvgIpc) is 2.21. The molecule has 1 rings (SSSR count). The lowest BCUT2D eigenvalue weighted by molar-refractivity contribution is 0.141. The highest BCUT2D eigenvalue weighted by molar-refractivity contribution is 5.20. The van der Waals surface area contributed by atoms with Crippen molar-refractivity contribution in [2.24, 2.45) is 5.73 Å². The summed E-state index contributed by atoms with van der Waals surface area (Å²) in [6.07, 6.45) is -2.42. The molecule has 0 fully saturated rings. The zero-order valence-corrected chi connectivity index (χ0v) is 8.09. The van der Waals surface area contributed by atoms with E-state index in [1.54, 1.807) is 0 Å². The predicted octanol–water partition coefficient (Wildman–Crippen LogP) is 1.68. The van der Waals surface area contributed by atoms with E-state index in [-0.39, 0.29) is 18.4 Å². The third-order valence-corrected chi connectivity index (χ3v) is 2.03. The third-order valence-electron chi connectivity index (χ3n) is 2.03. The van der Waals surface area contributed by atoms with E-state index < -0.39 is 13.0 Å². The number of hydrogen-bond donors (Lipinski definition) is 2. The van der Waals surface area contributed by atoms with Gasteiger partial charge in [0.2, 0.25) is 0 Å². The summed E-state index contributed by atoms with van der Waals surface area (Å²) in [5.74, 6) is -0.358. The van der Waals surface area contributed by atoms with E-state index >= 15 is 0 Å². The maximum Gasteiger partial charge on any atom is 0.250 e. The van der Waals surface area contributed by atoms with Gasteiger partial charge in [0.25, 0.3) is 6.43 Å². The first-order valence-electron chi connectivity index (χ1n) is 4.60. The molecule has 0 bridgehead atoms. The van der Waals surface area contributed by atoms with Crippen LogP contribution in [0.25, 0.3) is 0 Å².